The highest BCUT2D eigenvalue weighted by molar-refractivity contribution is 9.10. The van der Waals surface area contributed by atoms with Gasteiger partial charge in [0.25, 0.3) is 0 Å². The number of hydrogen-bond acceptors (Lipinski definition) is 3. The molecule has 20 heavy (non-hydrogen) atoms. The largest absolute Gasteiger partial charge is 0.436 e. The highest BCUT2D eigenvalue weighted by Crippen LogP contribution is 2.38. The minimum Gasteiger partial charge on any atom is -0.436 e. The Kier molecular flexibility index (Phi) is 4.83. The van der Waals surface area contributed by atoms with Crippen LogP contribution >= 0.6 is 39.1 Å². The van der Waals surface area contributed by atoms with Crippen molar-refractivity contribution in [3.8, 4) is 11.6 Å². The van der Waals surface area contributed by atoms with Crippen molar-refractivity contribution in [1.29, 1.82) is 0 Å². The van der Waals surface area contributed by atoms with Gasteiger partial charge in [0.2, 0.25) is 5.88 Å². The molecular formula is C13H14BrCl2N3O. The van der Waals surface area contributed by atoms with Gasteiger partial charge in [0.15, 0.2) is 0 Å². The summed E-state index contributed by atoms with van der Waals surface area (Å²) in [7, 11) is 1.78. The highest BCUT2D eigenvalue weighted by atomic mass is 79.9. The summed E-state index contributed by atoms with van der Waals surface area (Å²) in [6.45, 7) is 2.07. The molecule has 1 aromatic carbocycles. The fourth-order valence-electron chi connectivity index (χ4n) is 1.81. The Morgan fingerprint density at radius 1 is 1.35 bits per heavy atom. The lowest BCUT2D eigenvalue weighted by atomic mass is 10.2. The molecule has 2 N–H and O–H groups in total. The second kappa shape index (κ2) is 6.24. The number of ether oxygens (including phenoxy) is 1. The molecule has 0 aliphatic rings. The minimum atomic E-state index is 0.442. The molecule has 1 heterocycles. The Morgan fingerprint density at radius 3 is 2.70 bits per heavy atom. The molecule has 108 valence electrons. The predicted molar refractivity (Wildman–Crippen MR) is 85.9 cm³/mol. The molecule has 2 rings (SSSR count). The van der Waals surface area contributed by atoms with E-state index in [2.05, 4.69) is 28.0 Å². The van der Waals surface area contributed by atoms with Crippen LogP contribution in [0.25, 0.3) is 0 Å². The van der Waals surface area contributed by atoms with Crippen molar-refractivity contribution in [2.24, 2.45) is 7.05 Å². The van der Waals surface area contributed by atoms with Gasteiger partial charge in [-0.15, -0.1) is 0 Å². The van der Waals surface area contributed by atoms with Crippen LogP contribution in [-0.4, -0.2) is 9.78 Å². The van der Waals surface area contributed by atoms with E-state index >= 15 is 0 Å². The number of nitrogens with two attached hydrogens (primary N) is 1. The predicted octanol–water partition coefficient (Wildman–Crippen LogP) is 4.82. The van der Waals surface area contributed by atoms with Gasteiger partial charge in [0.05, 0.1) is 15.7 Å². The fourth-order valence-corrected chi connectivity index (χ4v) is 2.64. The molecule has 0 fully saturated rings. The maximum atomic E-state index is 6.14. The first-order chi connectivity index (χ1) is 9.43. The Hall–Kier alpha value is -0.910. The number of hydrogen-bond donors (Lipinski definition) is 1. The smallest absolute Gasteiger partial charge is 0.241 e. The van der Waals surface area contributed by atoms with Crippen molar-refractivity contribution in [2.75, 3.05) is 5.73 Å². The standard InChI is InChI=1S/C13H14BrCl2N3O/c1-3-4-10-12(17)13(19(2)18-10)20-11-6-8(15)7(14)5-9(11)16/h5-6H,3-4,17H2,1-2H3. The van der Waals surface area contributed by atoms with Gasteiger partial charge in [-0.2, -0.15) is 5.10 Å². The minimum absolute atomic E-state index is 0.442. The van der Waals surface area contributed by atoms with E-state index in [9.17, 15) is 0 Å². The quantitative estimate of drug-likeness (QED) is 0.776. The molecule has 0 atom stereocenters. The van der Waals surface area contributed by atoms with Crippen LogP contribution in [0.4, 0.5) is 5.69 Å². The second-order valence-corrected chi connectivity index (χ2v) is 6.01. The van der Waals surface area contributed by atoms with E-state index < -0.39 is 0 Å². The summed E-state index contributed by atoms with van der Waals surface area (Å²) in [5, 5.41) is 5.30. The van der Waals surface area contributed by atoms with Crippen LogP contribution < -0.4 is 10.5 Å². The van der Waals surface area contributed by atoms with Crippen LogP contribution in [0, 0.1) is 0 Å². The molecule has 0 bridgehead atoms. The van der Waals surface area contributed by atoms with Crippen molar-refractivity contribution in [3.63, 3.8) is 0 Å². The molecule has 0 unspecified atom stereocenters. The third kappa shape index (κ3) is 3.05. The Bertz CT molecular complexity index is 643. The van der Waals surface area contributed by atoms with Gasteiger partial charge in [-0.1, -0.05) is 36.5 Å². The van der Waals surface area contributed by atoms with E-state index in [-0.39, 0.29) is 0 Å². The first-order valence-corrected chi connectivity index (χ1v) is 7.62. The van der Waals surface area contributed by atoms with Crippen molar-refractivity contribution < 1.29 is 4.74 Å². The fraction of sp³-hybridized carbons (Fsp3) is 0.308. The summed E-state index contributed by atoms with van der Waals surface area (Å²) in [5.41, 5.74) is 7.42. The molecule has 7 heteroatoms. The van der Waals surface area contributed by atoms with Crippen LogP contribution in [0.2, 0.25) is 10.0 Å². The molecule has 0 saturated carbocycles. The average molecular weight is 379 g/mol. The highest BCUT2D eigenvalue weighted by Gasteiger charge is 2.17. The molecule has 0 spiro atoms. The molecule has 0 aliphatic heterocycles. The maximum Gasteiger partial charge on any atom is 0.241 e. The SMILES string of the molecule is CCCc1nn(C)c(Oc2cc(Cl)c(Br)cc2Cl)c1N. The van der Waals surface area contributed by atoms with Crippen LogP contribution in [0.1, 0.15) is 19.0 Å². The van der Waals surface area contributed by atoms with Crippen molar-refractivity contribution in [2.45, 2.75) is 19.8 Å². The molecule has 1 aromatic heterocycles. The lowest BCUT2D eigenvalue weighted by Gasteiger charge is -2.09. The van der Waals surface area contributed by atoms with Gasteiger partial charge in [-0.3, -0.25) is 0 Å². The molecule has 0 aliphatic carbocycles. The van der Waals surface area contributed by atoms with Gasteiger partial charge >= 0.3 is 0 Å². The third-order valence-electron chi connectivity index (χ3n) is 2.77. The van der Waals surface area contributed by atoms with Gasteiger partial charge < -0.3 is 10.5 Å². The number of halogens is 3. The van der Waals surface area contributed by atoms with Crippen LogP contribution in [0.3, 0.4) is 0 Å². The monoisotopic (exact) mass is 377 g/mol. The first-order valence-electron chi connectivity index (χ1n) is 6.07. The van der Waals surface area contributed by atoms with Gasteiger partial charge in [-0.05, 0) is 28.4 Å². The molecular weight excluding hydrogens is 365 g/mol. The Balaban J connectivity index is 2.37. The van der Waals surface area contributed by atoms with E-state index in [0.29, 0.717) is 31.8 Å². The topological polar surface area (TPSA) is 53.1 Å². The van der Waals surface area contributed by atoms with Crippen molar-refractivity contribution in [3.05, 3.63) is 32.3 Å². The lowest BCUT2D eigenvalue weighted by molar-refractivity contribution is 0.432. The Morgan fingerprint density at radius 2 is 2.05 bits per heavy atom. The summed E-state index contributed by atoms with van der Waals surface area (Å²) >= 11 is 15.5. The maximum absolute atomic E-state index is 6.14. The number of aromatic nitrogens is 2. The zero-order valence-corrected chi connectivity index (χ0v) is 14.2. The second-order valence-electron chi connectivity index (χ2n) is 4.34. The van der Waals surface area contributed by atoms with Crippen molar-refractivity contribution >= 4 is 44.8 Å². The van der Waals surface area contributed by atoms with Gasteiger partial charge in [0, 0.05) is 17.6 Å². The molecule has 0 saturated heterocycles. The molecule has 4 nitrogen and oxygen atoms in total. The van der Waals surface area contributed by atoms with E-state index in [1.165, 1.54) is 0 Å². The zero-order valence-electron chi connectivity index (χ0n) is 11.1. The van der Waals surface area contributed by atoms with Crippen LogP contribution in [0.15, 0.2) is 16.6 Å². The normalized spacial score (nSPS) is 10.8. The molecule has 0 radical (unpaired) electrons. The summed E-state index contributed by atoms with van der Waals surface area (Å²) in [6, 6.07) is 3.32. The molecule has 2 aromatic rings. The van der Waals surface area contributed by atoms with Crippen LogP contribution in [-0.2, 0) is 13.5 Å². The summed E-state index contributed by atoms with van der Waals surface area (Å²) in [5.74, 6) is 0.909. The van der Waals surface area contributed by atoms with E-state index in [0.717, 1.165) is 18.5 Å². The van der Waals surface area contributed by atoms with Gasteiger partial charge in [0.1, 0.15) is 11.4 Å². The number of aryl methyl sites for hydroxylation is 2. The number of rotatable bonds is 4. The number of nitrogen functional groups attached to an aromatic ring is 1. The van der Waals surface area contributed by atoms with Crippen LogP contribution in [0.5, 0.6) is 11.6 Å². The van der Waals surface area contributed by atoms with E-state index in [4.69, 9.17) is 33.7 Å². The number of benzene rings is 1. The summed E-state index contributed by atoms with van der Waals surface area (Å²) in [4.78, 5) is 0. The van der Waals surface area contributed by atoms with Crippen molar-refractivity contribution in [1.82, 2.24) is 9.78 Å². The van der Waals surface area contributed by atoms with Gasteiger partial charge in [-0.25, -0.2) is 4.68 Å². The molecule has 0 amide bonds. The van der Waals surface area contributed by atoms with E-state index in [1.807, 2.05) is 0 Å². The van der Waals surface area contributed by atoms with E-state index in [1.54, 1.807) is 23.9 Å². The first kappa shape index (κ1) is 15.5. The zero-order chi connectivity index (χ0) is 14.9. The summed E-state index contributed by atoms with van der Waals surface area (Å²) < 4.78 is 8.08. The average Bonchev–Trinajstić information content (AvgIpc) is 2.64. The number of anilines is 1. The third-order valence-corrected chi connectivity index (χ3v) is 4.27. The lowest BCUT2D eigenvalue weighted by Crippen LogP contribution is -1.97. The Labute approximate surface area is 135 Å². The number of nitrogens with zero attached hydrogens (tertiary/aromatic N) is 2. The summed E-state index contributed by atoms with van der Waals surface area (Å²) in [6.07, 6.45) is 1.77.